The molecule has 0 bridgehead atoms. The second kappa shape index (κ2) is 5.36. The molecule has 0 spiro atoms. The lowest BCUT2D eigenvalue weighted by molar-refractivity contribution is -0.147. The van der Waals surface area contributed by atoms with E-state index < -0.39 is 0 Å². The van der Waals surface area contributed by atoms with Gasteiger partial charge < -0.3 is 15.0 Å². The predicted octanol–water partition coefficient (Wildman–Crippen LogP) is 1.01. The molecule has 0 aromatic carbocycles. The highest BCUT2D eigenvalue weighted by Crippen LogP contribution is 2.20. The summed E-state index contributed by atoms with van der Waals surface area (Å²) < 4.78 is 5.68. The summed E-state index contributed by atoms with van der Waals surface area (Å²) in [6.07, 6.45) is 3.55. The Morgan fingerprint density at radius 3 is 2.53 bits per heavy atom. The van der Waals surface area contributed by atoms with E-state index in [1.807, 2.05) is 4.90 Å². The SMILES string of the molecule is CCC1CCN(C(=O)COC2(C)CNC2)CC1. The van der Waals surface area contributed by atoms with Crippen LogP contribution in [0.1, 0.15) is 33.1 Å². The first-order valence-electron chi connectivity index (χ1n) is 6.75. The number of ether oxygens (including phenoxy) is 1. The van der Waals surface area contributed by atoms with Gasteiger partial charge >= 0.3 is 0 Å². The number of rotatable bonds is 4. The first-order chi connectivity index (χ1) is 8.13. The van der Waals surface area contributed by atoms with Gasteiger partial charge in [-0.1, -0.05) is 13.3 Å². The van der Waals surface area contributed by atoms with Crippen LogP contribution in [0.4, 0.5) is 0 Å². The lowest BCUT2D eigenvalue weighted by Gasteiger charge is -2.39. The Hall–Kier alpha value is -0.610. The molecular weight excluding hydrogens is 216 g/mol. The largest absolute Gasteiger partial charge is 0.363 e. The average molecular weight is 240 g/mol. The molecule has 0 radical (unpaired) electrons. The van der Waals surface area contributed by atoms with Gasteiger partial charge in [0.25, 0.3) is 0 Å². The summed E-state index contributed by atoms with van der Waals surface area (Å²) in [5.74, 6) is 0.973. The third-order valence-electron chi connectivity index (χ3n) is 4.09. The van der Waals surface area contributed by atoms with Crippen LogP contribution < -0.4 is 5.32 Å². The number of carbonyl (C=O) groups excluding carboxylic acids is 1. The van der Waals surface area contributed by atoms with Gasteiger partial charge in [0, 0.05) is 26.2 Å². The molecule has 2 rings (SSSR count). The topological polar surface area (TPSA) is 41.6 Å². The number of amides is 1. The number of piperidine rings is 1. The summed E-state index contributed by atoms with van der Waals surface area (Å²) in [5.41, 5.74) is -0.114. The van der Waals surface area contributed by atoms with E-state index in [0.29, 0.717) is 0 Å². The highest BCUT2D eigenvalue weighted by atomic mass is 16.5. The zero-order valence-electron chi connectivity index (χ0n) is 11.0. The van der Waals surface area contributed by atoms with Crippen LogP contribution >= 0.6 is 0 Å². The van der Waals surface area contributed by atoms with E-state index in [4.69, 9.17) is 4.74 Å². The van der Waals surface area contributed by atoms with Crippen LogP contribution in [0.5, 0.6) is 0 Å². The van der Waals surface area contributed by atoms with Crippen molar-refractivity contribution >= 4 is 5.91 Å². The zero-order valence-corrected chi connectivity index (χ0v) is 11.0. The molecule has 2 fully saturated rings. The van der Waals surface area contributed by atoms with Gasteiger partial charge in [0.2, 0.25) is 5.91 Å². The summed E-state index contributed by atoms with van der Waals surface area (Å²) >= 11 is 0. The van der Waals surface area contributed by atoms with Crippen LogP contribution in [0, 0.1) is 5.92 Å². The number of hydrogen-bond acceptors (Lipinski definition) is 3. The lowest BCUT2D eigenvalue weighted by atomic mass is 9.94. The van der Waals surface area contributed by atoms with E-state index in [1.165, 1.54) is 6.42 Å². The van der Waals surface area contributed by atoms with E-state index in [9.17, 15) is 4.79 Å². The summed E-state index contributed by atoms with van der Waals surface area (Å²) in [4.78, 5) is 13.9. The minimum absolute atomic E-state index is 0.114. The first kappa shape index (κ1) is 12.8. The van der Waals surface area contributed by atoms with Crippen LogP contribution in [0.2, 0.25) is 0 Å². The third kappa shape index (κ3) is 3.19. The fraction of sp³-hybridized carbons (Fsp3) is 0.923. The highest BCUT2D eigenvalue weighted by molar-refractivity contribution is 5.77. The van der Waals surface area contributed by atoms with Crippen molar-refractivity contribution < 1.29 is 9.53 Å². The Bertz CT molecular complexity index is 269. The van der Waals surface area contributed by atoms with Gasteiger partial charge in [-0.15, -0.1) is 0 Å². The summed E-state index contributed by atoms with van der Waals surface area (Å²) in [6, 6.07) is 0. The van der Waals surface area contributed by atoms with Crippen molar-refractivity contribution in [3.8, 4) is 0 Å². The first-order valence-corrected chi connectivity index (χ1v) is 6.75. The van der Waals surface area contributed by atoms with Crippen molar-refractivity contribution in [2.75, 3.05) is 32.8 Å². The maximum atomic E-state index is 12.0. The molecule has 0 aromatic rings. The van der Waals surface area contributed by atoms with Crippen LogP contribution in [-0.4, -0.2) is 49.2 Å². The monoisotopic (exact) mass is 240 g/mol. The number of hydrogen-bond donors (Lipinski definition) is 1. The summed E-state index contributed by atoms with van der Waals surface area (Å²) in [7, 11) is 0. The molecule has 0 atom stereocenters. The standard InChI is InChI=1S/C13H24N2O2/c1-3-11-4-6-15(7-5-11)12(16)8-17-13(2)9-14-10-13/h11,14H,3-10H2,1-2H3. The summed E-state index contributed by atoms with van der Waals surface area (Å²) in [5, 5.41) is 3.17. The second-order valence-corrected chi connectivity index (χ2v) is 5.57. The smallest absolute Gasteiger partial charge is 0.248 e. The highest BCUT2D eigenvalue weighted by Gasteiger charge is 2.33. The minimum Gasteiger partial charge on any atom is -0.363 e. The number of carbonyl (C=O) groups is 1. The average Bonchev–Trinajstić information content (AvgIpc) is 2.33. The maximum Gasteiger partial charge on any atom is 0.248 e. The van der Waals surface area contributed by atoms with E-state index in [1.54, 1.807) is 0 Å². The molecule has 4 heteroatoms. The van der Waals surface area contributed by atoms with Crippen LogP contribution in [-0.2, 0) is 9.53 Å². The van der Waals surface area contributed by atoms with Crippen LogP contribution in [0.3, 0.4) is 0 Å². The number of likely N-dealkylation sites (tertiary alicyclic amines) is 1. The van der Waals surface area contributed by atoms with Crippen LogP contribution in [0.15, 0.2) is 0 Å². The van der Waals surface area contributed by atoms with Crippen molar-refractivity contribution in [2.45, 2.75) is 38.7 Å². The van der Waals surface area contributed by atoms with Gasteiger partial charge in [-0.3, -0.25) is 4.79 Å². The second-order valence-electron chi connectivity index (χ2n) is 5.57. The number of nitrogens with zero attached hydrogens (tertiary/aromatic N) is 1. The fourth-order valence-corrected chi connectivity index (χ4v) is 2.50. The molecule has 98 valence electrons. The molecule has 2 aliphatic rings. The molecule has 0 aromatic heterocycles. The van der Waals surface area contributed by atoms with E-state index in [-0.39, 0.29) is 18.1 Å². The fourth-order valence-electron chi connectivity index (χ4n) is 2.50. The Balaban J connectivity index is 1.69. The van der Waals surface area contributed by atoms with Crippen LogP contribution in [0.25, 0.3) is 0 Å². The van der Waals surface area contributed by atoms with Crippen molar-refractivity contribution in [3.05, 3.63) is 0 Å². The molecule has 1 N–H and O–H groups in total. The van der Waals surface area contributed by atoms with Crippen molar-refractivity contribution in [1.82, 2.24) is 10.2 Å². The van der Waals surface area contributed by atoms with E-state index in [2.05, 4.69) is 19.2 Å². The Labute approximate surface area is 104 Å². The lowest BCUT2D eigenvalue weighted by Crippen LogP contribution is -2.59. The molecule has 0 saturated carbocycles. The Morgan fingerprint density at radius 1 is 1.41 bits per heavy atom. The van der Waals surface area contributed by atoms with Crippen molar-refractivity contribution in [1.29, 1.82) is 0 Å². The molecular formula is C13H24N2O2. The normalized spacial score (nSPS) is 24.5. The molecule has 0 aliphatic carbocycles. The van der Waals surface area contributed by atoms with E-state index >= 15 is 0 Å². The minimum atomic E-state index is -0.114. The molecule has 2 heterocycles. The number of nitrogens with one attached hydrogen (secondary N) is 1. The Morgan fingerprint density at radius 2 is 2.06 bits per heavy atom. The maximum absolute atomic E-state index is 12.0. The molecule has 2 aliphatic heterocycles. The summed E-state index contributed by atoms with van der Waals surface area (Å²) in [6.45, 7) is 8.08. The van der Waals surface area contributed by atoms with Gasteiger partial charge in [-0.25, -0.2) is 0 Å². The Kier molecular flexibility index (Phi) is 4.05. The zero-order chi connectivity index (χ0) is 12.3. The van der Waals surface area contributed by atoms with Gasteiger partial charge in [-0.2, -0.15) is 0 Å². The van der Waals surface area contributed by atoms with Gasteiger partial charge in [0.15, 0.2) is 0 Å². The van der Waals surface area contributed by atoms with Gasteiger partial charge in [-0.05, 0) is 25.7 Å². The van der Waals surface area contributed by atoms with Crippen molar-refractivity contribution in [2.24, 2.45) is 5.92 Å². The molecule has 2 saturated heterocycles. The predicted molar refractivity (Wildman–Crippen MR) is 66.8 cm³/mol. The van der Waals surface area contributed by atoms with E-state index in [0.717, 1.165) is 44.9 Å². The molecule has 0 unspecified atom stereocenters. The quantitative estimate of drug-likeness (QED) is 0.797. The molecule has 1 amide bonds. The third-order valence-corrected chi connectivity index (χ3v) is 4.09. The van der Waals surface area contributed by atoms with Gasteiger partial charge in [0.1, 0.15) is 6.61 Å². The van der Waals surface area contributed by atoms with Gasteiger partial charge in [0.05, 0.1) is 5.60 Å². The van der Waals surface area contributed by atoms with Crippen molar-refractivity contribution in [3.63, 3.8) is 0 Å². The molecule has 17 heavy (non-hydrogen) atoms. The molecule has 4 nitrogen and oxygen atoms in total.